The number of benzene rings is 2. The van der Waals surface area contributed by atoms with Crippen LogP contribution in [0.5, 0.6) is 5.75 Å². The van der Waals surface area contributed by atoms with Gasteiger partial charge in [-0.2, -0.15) is 18.3 Å². The Morgan fingerprint density at radius 2 is 1.92 bits per heavy atom. The molecule has 0 unspecified atom stereocenters. The van der Waals surface area contributed by atoms with E-state index in [4.69, 9.17) is 4.42 Å². The van der Waals surface area contributed by atoms with E-state index >= 15 is 0 Å². The molecular weight excluding hydrogens is 349 g/mol. The van der Waals surface area contributed by atoms with Gasteiger partial charge in [0, 0.05) is 11.1 Å². The zero-order chi connectivity index (χ0) is 18.9. The van der Waals surface area contributed by atoms with Crippen molar-refractivity contribution in [2.45, 2.75) is 13.1 Å². The predicted octanol–water partition coefficient (Wildman–Crippen LogP) is 4.23. The number of nitrogens with zero attached hydrogens (tertiary/aromatic N) is 1. The molecule has 0 aliphatic rings. The fraction of sp³-hybridized carbons (Fsp3) is 0.111. The van der Waals surface area contributed by atoms with Gasteiger partial charge in [0.2, 0.25) is 0 Å². The second-order valence-corrected chi connectivity index (χ2v) is 5.49. The summed E-state index contributed by atoms with van der Waals surface area (Å²) in [5, 5.41) is 13.8. The number of hydrogen-bond donors (Lipinski definition) is 2. The van der Waals surface area contributed by atoms with E-state index in [1.54, 1.807) is 19.1 Å². The lowest BCUT2D eigenvalue weighted by Gasteiger charge is -2.09. The molecule has 0 saturated carbocycles. The molecule has 3 aromatic rings. The van der Waals surface area contributed by atoms with Crippen molar-refractivity contribution in [2.75, 3.05) is 0 Å². The number of nitrogens with one attached hydrogen (secondary N) is 1. The van der Waals surface area contributed by atoms with Crippen molar-refractivity contribution in [3.05, 3.63) is 64.9 Å². The summed E-state index contributed by atoms with van der Waals surface area (Å²) in [4.78, 5) is 12.2. The number of aromatic hydroxyl groups is 1. The number of rotatable bonds is 3. The third kappa shape index (κ3) is 3.26. The van der Waals surface area contributed by atoms with E-state index in [1.165, 1.54) is 24.3 Å². The molecule has 0 atom stereocenters. The minimum absolute atomic E-state index is 0.0367. The number of carbonyl (C=O) groups excluding carboxylic acids is 1. The maximum atomic E-state index is 12.9. The molecule has 0 spiro atoms. The number of alkyl halides is 3. The number of hydrogen-bond acceptors (Lipinski definition) is 4. The normalized spacial score (nSPS) is 12.0. The van der Waals surface area contributed by atoms with Gasteiger partial charge in [0.25, 0.3) is 0 Å². The molecule has 0 fully saturated rings. The molecule has 0 saturated heterocycles. The van der Waals surface area contributed by atoms with Gasteiger partial charge in [-0.1, -0.05) is 24.3 Å². The minimum Gasteiger partial charge on any atom is -0.507 e. The monoisotopic (exact) mass is 362 g/mol. The van der Waals surface area contributed by atoms with Crippen LogP contribution in [0.4, 0.5) is 13.2 Å². The largest absolute Gasteiger partial charge is 0.507 e. The Morgan fingerprint density at radius 3 is 2.62 bits per heavy atom. The predicted molar refractivity (Wildman–Crippen MR) is 89.1 cm³/mol. The molecule has 134 valence electrons. The molecule has 0 radical (unpaired) electrons. The van der Waals surface area contributed by atoms with Crippen LogP contribution in [0.15, 0.2) is 52.0 Å². The Hall–Kier alpha value is -3.29. The van der Waals surface area contributed by atoms with E-state index in [1.807, 2.05) is 0 Å². The van der Waals surface area contributed by atoms with Crippen LogP contribution in [-0.4, -0.2) is 17.2 Å². The van der Waals surface area contributed by atoms with Gasteiger partial charge in [-0.25, -0.2) is 5.43 Å². The average Bonchev–Trinajstić information content (AvgIpc) is 2.92. The van der Waals surface area contributed by atoms with Gasteiger partial charge in [-0.3, -0.25) is 4.79 Å². The molecule has 1 amide bonds. The minimum atomic E-state index is -4.53. The van der Waals surface area contributed by atoms with Gasteiger partial charge in [0.1, 0.15) is 11.3 Å². The zero-order valence-electron chi connectivity index (χ0n) is 13.5. The lowest BCUT2D eigenvalue weighted by Crippen LogP contribution is -2.18. The second kappa shape index (κ2) is 6.55. The fourth-order valence-electron chi connectivity index (χ4n) is 2.58. The Balaban J connectivity index is 1.83. The number of phenolic OH excluding ortho intramolecular Hbond substituents is 1. The van der Waals surface area contributed by atoms with Crippen molar-refractivity contribution in [3.8, 4) is 5.75 Å². The van der Waals surface area contributed by atoms with Crippen LogP contribution in [0, 0.1) is 6.92 Å². The first kappa shape index (κ1) is 17.5. The van der Waals surface area contributed by atoms with Crippen molar-refractivity contribution in [1.29, 1.82) is 0 Å². The van der Waals surface area contributed by atoms with E-state index in [-0.39, 0.29) is 17.1 Å². The van der Waals surface area contributed by atoms with E-state index in [0.717, 1.165) is 12.3 Å². The highest BCUT2D eigenvalue weighted by Crippen LogP contribution is 2.32. The van der Waals surface area contributed by atoms with Gasteiger partial charge in [0.05, 0.1) is 17.2 Å². The van der Waals surface area contributed by atoms with Crippen LogP contribution in [0.3, 0.4) is 0 Å². The first-order valence-corrected chi connectivity index (χ1v) is 7.49. The summed E-state index contributed by atoms with van der Waals surface area (Å²) in [6, 6.07) is 9.47. The van der Waals surface area contributed by atoms with Gasteiger partial charge < -0.3 is 9.52 Å². The average molecular weight is 362 g/mol. The zero-order valence-corrected chi connectivity index (χ0v) is 13.5. The maximum absolute atomic E-state index is 12.9. The molecular formula is C18H13F3N2O3. The quantitative estimate of drug-likeness (QED) is 0.541. The highest BCUT2D eigenvalue weighted by Gasteiger charge is 2.32. The summed E-state index contributed by atoms with van der Waals surface area (Å²) in [7, 11) is 0. The SMILES string of the molecule is Cc1c(C(=O)N/N=C\c2ccccc2C(F)(F)F)oc2cccc(O)c12. The molecule has 26 heavy (non-hydrogen) atoms. The number of amides is 1. The van der Waals surface area contributed by atoms with Crippen LogP contribution >= 0.6 is 0 Å². The molecule has 0 bridgehead atoms. The summed E-state index contributed by atoms with van der Waals surface area (Å²) in [5.74, 6) is -0.855. The molecule has 3 rings (SSSR count). The number of phenols is 1. The van der Waals surface area contributed by atoms with Crippen molar-refractivity contribution in [1.82, 2.24) is 5.43 Å². The van der Waals surface area contributed by atoms with Crippen LogP contribution < -0.4 is 5.43 Å². The second-order valence-electron chi connectivity index (χ2n) is 5.49. The van der Waals surface area contributed by atoms with E-state index in [2.05, 4.69) is 10.5 Å². The van der Waals surface area contributed by atoms with Crippen molar-refractivity contribution in [2.24, 2.45) is 5.10 Å². The maximum Gasteiger partial charge on any atom is 0.417 e. The van der Waals surface area contributed by atoms with Crippen LogP contribution in [0.25, 0.3) is 11.0 Å². The highest BCUT2D eigenvalue weighted by atomic mass is 19.4. The molecule has 2 aromatic carbocycles. The summed E-state index contributed by atoms with van der Waals surface area (Å²) in [5.41, 5.74) is 1.82. The Morgan fingerprint density at radius 1 is 1.19 bits per heavy atom. The van der Waals surface area contributed by atoms with Gasteiger partial charge in [-0.05, 0) is 25.1 Å². The molecule has 1 heterocycles. The Kier molecular flexibility index (Phi) is 4.41. The molecule has 0 aliphatic heterocycles. The van der Waals surface area contributed by atoms with Gasteiger partial charge in [0.15, 0.2) is 5.76 Å². The van der Waals surface area contributed by atoms with E-state index in [9.17, 15) is 23.1 Å². The summed E-state index contributed by atoms with van der Waals surface area (Å²) in [6.45, 7) is 1.59. The lowest BCUT2D eigenvalue weighted by atomic mass is 10.1. The van der Waals surface area contributed by atoms with Gasteiger partial charge in [-0.15, -0.1) is 0 Å². The fourth-order valence-corrected chi connectivity index (χ4v) is 2.58. The number of furan rings is 1. The third-order valence-corrected chi connectivity index (χ3v) is 3.77. The Bertz CT molecular complexity index is 1010. The van der Waals surface area contributed by atoms with Crippen molar-refractivity contribution >= 4 is 23.1 Å². The molecule has 8 heteroatoms. The number of hydrazone groups is 1. The first-order chi connectivity index (χ1) is 12.3. The summed E-state index contributed by atoms with van der Waals surface area (Å²) < 4.78 is 44.2. The summed E-state index contributed by atoms with van der Waals surface area (Å²) >= 11 is 0. The van der Waals surface area contributed by atoms with Crippen molar-refractivity contribution < 1.29 is 27.5 Å². The number of halogens is 3. The first-order valence-electron chi connectivity index (χ1n) is 7.49. The van der Waals surface area contributed by atoms with E-state index < -0.39 is 17.6 Å². The molecule has 0 aliphatic carbocycles. The number of aryl methyl sites for hydroxylation is 1. The standard InChI is InChI=1S/C18H13F3N2O3/c1-10-15-13(24)7-4-8-14(15)26-16(10)17(25)23-22-9-11-5-2-3-6-12(11)18(19,20)21/h2-9,24H,1H3,(H,23,25)/b22-9-. The van der Waals surface area contributed by atoms with E-state index in [0.29, 0.717) is 16.5 Å². The van der Waals surface area contributed by atoms with Crippen LogP contribution in [-0.2, 0) is 6.18 Å². The molecule has 1 aromatic heterocycles. The molecule has 2 N–H and O–H groups in total. The number of fused-ring (bicyclic) bond motifs is 1. The third-order valence-electron chi connectivity index (χ3n) is 3.77. The van der Waals surface area contributed by atoms with Crippen LogP contribution in [0.1, 0.15) is 27.2 Å². The summed E-state index contributed by atoms with van der Waals surface area (Å²) in [6.07, 6.45) is -3.62. The topological polar surface area (TPSA) is 74.8 Å². The van der Waals surface area contributed by atoms with Gasteiger partial charge >= 0.3 is 12.1 Å². The highest BCUT2D eigenvalue weighted by molar-refractivity contribution is 6.00. The smallest absolute Gasteiger partial charge is 0.417 e. The molecule has 5 nitrogen and oxygen atoms in total. The Labute approximate surface area is 145 Å². The van der Waals surface area contributed by atoms with Crippen LogP contribution in [0.2, 0.25) is 0 Å². The van der Waals surface area contributed by atoms with Crippen molar-refractivity contribution in [3.63, 3.8) is 0 Å². The number of carbonyl (C=O) groups is 1. The lowest BCUT2D eigenvalue weighted by molar-refractivity contribution is -0.137.